The number of nitrogens with one attached hydrogen (secondary N) is 1. The van der Waals surface area contributed by atoms with Crippen molar-refractivity contribution in [3.8, 4) is 12.3 Å². The third-order valence-electron chi connectivity index (χ3n) is 1.42. The highest BCUT2D eigenvalue weighted by molar-refractivity contribution is 5.05. The molecular formula is C7H12FN. The molecule has 0 aliphatic heterocycles. The van der Waals surface area contributed by atoms with Crippen LogP contribution in [0.2, 0.25) is 0 Å². The monoisotopic (exact) mass is 129 g/mol. The molecule has 0 aliphatic rings. The Hall–Kier alpha value is -0.550. The predicted octanol–water partition coefficient (Wildman–Crippen LogP) is 0.956. The lowest BCUT2D eigenvalue weighted by atomic mass is 10.00. The van der Waals surface area contributed by atoms with Crippen LogP contribution in [0, 0.1) is 12.3 Å². The van der Waals surface area contributed by atoms with Crippen molar-refractivity contribution in [3.05, 3.63) is 0 Å². The first kappa shape index (κ1) is 8.45. The Bertz CT molecular complexity index is 123. The second-order valence-corrected chi connectivity index (χ2v) is 2.50. The molecule has 1 atom stereocenters. The molecule has 1 nitrogen and oxygen atoms in total. The van der Waals surface area contributed by atoms with Gasteiger partial charge in [0.15, 0.2) is 6.17 Å². The molecule has 1 N–H and O–H groups in total. The summed E-state index contributed by atoms with van der Waals surface area (Å²) in [6.07, 6.45) is 3.65. The van der Waals surface area contributed by atoms with Crippen LogP contribution in [0.15, 0.2) is 0 Å². The molecular weight excluding hydrogens is 117 g/mol. The van der Waals surface area contributed by atoms with E-state index in [0.29, 0.717) is 0 Å². The van der Waals surface area contributed by atoms with Gasteiger partial charge in [0.1, 0.15) is 0 Å². The Balaban J connectivity index is 4.01. The number of halogens is 1. The van der Waals surface area contributed by atoms with Crippen molar-refractivity contribution in [2.45, 2.75) is 25.6 Å². The van der Waals surface area contributed by atoms with E-state index in [-0.39, 0.29) is 0 Å². The zero-order valence-electron chi connectivity index (χ0n) is 6.03. The van der Waals surface area contributed by atoms with Gasteiger partial charge >= 0.3 is 0 Å². The third kappa shape index (κ3) is 2.03. The van der Waals surface area contributed by atoms with E-state index in [1.165, 1.54) is 0 Å². The van der Waals surface area contributed by atoms with Gasteiger partial charge < -0.3 is 5.32 Å². The number of rotatable bonds is 2. The highest BCUT2D eigenvalue weighted by Gasteiger charge is 2.24. The lowest BCUT2D eigenvalue weighted by molar-refractivity contribution is 0.244. The minimum absolute atomic E-state index is 0.602. The highest BCUT2D eigenvalue weighted by Crippen LogP contribution is 2.10. The first-order valence-corrected chi connectivity index (χ1v) is 2.83. The van der Waals surface area contributed by atoms with E-state index in [4.69, 9.17) is 6.42 Å². The molecule has 0 amide bonds. The average Bonchev–Trinajstić information content (AvgIpc) is 1.86. The number of terminal acetylenes is 1. The summed E-state index contributed by atoms with van der Waals surface area (Å²) >= 11 is 0. The molecule has 0 fully saturated rings. The van der Waals surface area contributed by atoms with Crippen molar-refractivity contribution in [2.24, 2.45) is 0 Å². The van der Waals surface area contributed by atoms with Gasteiger partial charge in [-0.2, -0.15) is 0 Å². The van der Waals surface area contributed by atoms with Crippen LogP contribution in [0.5, 0.6) is 0 Å². The standard InChI is InChI=1S/C7H12FN/c1-5-6(8)7(2,3)9-4/h1,6,9H,2-4H3. The zero-order chi connectivity index (χ0) is 7.49. The quantitative estimate of drug-likeness (QED) is 0.547. The van der Waals surface area contributed by atoms with Crippen molar-refractivity contribution in [2.75, 3.05) is 7.05 Å². The van der Waals surface area contributed by atoms with E-state index in [1.54, 1.807) is 20.9 Å². The van der Waals surface area contributed by atoms with Crippen LogP contribution >= 0.6 is 0 Å². The molecule has 0 spiro atoms. The van der Waals surface area contributed by atoms with Crippen LogP contribution in [-0.2, 0) is 0 Å². The van der Waals surface area contributed by atoms with Crippen LogP contribution < -0.4 is 5.32 Å². The van der Waals surface area contributed by atoms with Crippen molar-refractivity contribution < 1.29 is 4.39 Å². The van der Waals surface area contributed by atoms with E-state index in [9.17, 15) is 4.39 Å². The summed E-state index contributed by atoms with van der Waals surface area (Å²) in [5.74, 6) is 2.03. The number of alkyl halides is 1. The summed E-state index contributed by atoms with van der Waals surface area (Å²) in [6.45, 7) is 3.44. The van der Waals surface area contributed by atoms with Gasteiger partial charge in [-0.3, -0.25) is 0 Å². The van der Waals surface area contributed by atoms with E-state index >= 15 is 0 Å². The number of hydrogen-bond acceptors (Lipinski definition) is 1. The van der Waals surface area contributed by atoms with Gasteiger partial charge in [0, 0.05) is 0 Å². The van der Waals surface area contributed by atoms with Gasteiger partial charge in [-0.1, -0.05) is 5.92 Å². The molecule has 0 aromatic carbocycles. The maximum atomic E-state index is 12.6. The summed E-state index contributed by atoms with van der Waals surface area (Å²) in [5, 5.41) is 2.77. The summed E-state index contributed by atoms with van der Waals surface area (Å²) < 4.78 is 12.6. The van der Waals surface area contributed by atoms with Crippen LogP contribution in [0.25, 0.3) is 0 Å². The first-order chi connectivity index (χ1) is 4.04. The molecule has 0 heterocycles. The third-order valence-corrected chi connectivity index (χ3v) is 1.42. The first-order valence-electron chi connectivity index (χ1n) is 2.83. The molecule has 9 heavy (non-hydrogen) atoms. The normalized spacial score (nSPS) is 14.6. The van der Waals surface area contributed by atoms with Crippen molar-refractivity contribution in [1.29, 1.82) is 0 Å². The van der Waals surface area contributed by atoms with Gasteiger partial charge in [0.05, 0.1) is 5.54 Å². The molecule has 1 unspecified atom stereocenters. The van der Waals surface area contributed by atoms with Gasteiger partial charge in [-0.15, -0.1) is 6.42 Å². The van der Waals surface area contributed by atoms with Gasteiger partial charge in [0.25, 0.3) is 0 Å². The van der Waals surface area contributed by atoms with Crippen molar-refractivity contribution in [3.63, 3.8) is 0 Å². The van der Waals surface area contributed by atoms with E-state index in [2.05, 4.69) is 5.32 Å². The molecule has 0 radical (unpaired) electrons. The minimum Gasteiger partial charge on any atom is -0.311 e. The van der Waals surface area contributed by atoms with E-state index in [1.807, 2.05) is 5.92 Å². The van der Waals surface area contributed by atoms with E-state index in [0.717, 1.165) is 0 Å². The maximum absolute atomic E-state index is 12.6. The maximum Gasteiger partial charge on any atom is 0.177 e. The Morgan fingerprint density at radius 2 is 2.11 bits per heavy atom. The Morgan fingerprint density at radius 3 is 2.22 bits per heavy atom. The summed E-state index contributed by atoms with van der Waals surface area (Å²) in [6, 6.07) is 0. The molecule has 0 bridgehead atoms. The van der Waals surface area contributed by atoms with Crippen LogP contribution in [0.3, 0.4) is 0 Å². The van der Waals surface area contributed by atoms with Crippen LogP contribution in [0.1, 0.15) is 13.8 Å². The van der Waals surface area contributed by atoms with Gasteiger partial charge in [0.2, 0.25) is 0 Å². The van der Waals surface area contributed by atoms with Crippen LogP contribution in [-0.4, -0.2) is 18.8 Å². The molecule has 2 heteroatoms. The van der Waals surface area contributed by atoms with Crippen molar-refractivity contribution >= 4 is 0 Å². The molecule has 0 saturated carbocycles. The fourth-order valence-electron chi connectivity index (χ4n) is 0.335. The Kier molecular flexibility index (Phi) is 2.66. The second kappa shape index (κ2) is 2.84. The second-order valence-electron chi connectivity index (χ2n) is 2.50. The molecule has 0 aliphatic carbocycles. The largest absolute Gasteiger partial charge is 0.311 e. The fraction of sp³-hybridized carbons (Fsp3) is 0.714. The predicted molar refractivity (Wildman–Crippen MR) is 36.9 cm³/mol. The summed E-state index contributed by atoms with van der Waals surface area (Å²) in [7, 11) is 1.68. The van der Waals surface area contributed by atoms with E-state index < -0.39 is 11.7 Å². The number of hydrogen-bond donors (Lipinski definition) is 1. The molecule has 0 aromatic rings. The summed E-state index contributed by atoms with van der Waals surface area (Å²) in [4.78, 5) is 0. The smallest absolute Gasteiger partial charge is 0.177 e. The highest BCUT2D eigenvalue weighted by atomic mass is 19.1. The zero-order valence-corrected chi connectivity index (χ0v) is 6.03. The minimum atomic E-state index is -1.22. The molecule has 0 aromatic heterocycles. The van der Waals surface area contributed by atoms with Gasteiger partial charge in [-0.25, -0.2) is 4.39 Å². The Morgan fingerprint density at radius 1 is 1.67 bits per heavy atom. The lowest BCUT2D eigenvalue weighted by Gasteiger charge is -2.24. The van der Waals surface area contributed by atoms with Crippen LogP contribution in [0.4, 0.5) is 4.39 Å². The SMILES string of the molecule is C#CC(F)C(C)(C)NC. The summed E-state index contributed by atoms with van der Waals surface area (Å²) in [5.41, 5.74) is -0.602. The van der Waals surface area contributed by atoms with Gasteiger partial charge in [-0.05, 0) is 20.9 Å². The average molecular weight is 129 g/mol. The van der Waals surface area contributed by atoms with Crippen molar-refractivity contribution in [1.82, 2.24) is 5.32 Å². The molecule has 52 valence electrons. The molecule has 0 saturated heterocycles. The Labute approximate surface area is 55.6 Å². The fourth-order valence-corrected chi connectivity index (χ4v) is 0.335. The molecule has 0 rings (SSSR count). The lowest BCUT2D eigenvalue weighted by Crippen LogP contribution is -2.44. The topological polar surface area (TPSA) is 12.0 Å².